The first kappa shape index (κ1) is 29.7. The number of rotatable bonds is 15. The Kier molecular flexibility index (Phi) is 12.2. The van der Waals surface area contributed by atoms with Crippen LogP contribution in [-0.4, -0.2) is 55.7 Å². The van der Waals surface area contributed by atoms with Crippen LogP contribution in [0.25, 0.3) is 6.08 Å². The first-order valence-corrected chi connectivity index (χ1v) is 11.7. The summed E-state index contributed by atoms with van der Waals surface area (Å²) in [4.78, 5) is 47.1. The average Bonchev–Trinajstić information content (AvgIpc) is 2.93. The van der Waals surface area contributed by atoms with Crippen LogP contribution >= 0.6 is 0 Å². The van der Waals surface area contributed by atoms with E-state index in [0.29, 0.717) is 30.8 Å². The average molecular weight is 523 g/mol. The van der Waals surface area contributed by atoms with Gasteiger partial charge in [-0.3, -0.25) is 9.59 Å². The van der Waals surface area contributed by atoms with Gasteiger partial charge in [-0.1, -0.05) is 31.4 Å². The Morgan fingerprint density at radius 3 is 2.11 bits per heavy atom. The Balaban J connectivity index is 1.76. The standard InChI is InChI=1S/C29H30O9/c1-20(18-27(32)35-3)29(34)38-25-13-9-23(10-14-25)26(31)15-8-22-6-11-24(12-7-22)36-16-4-5-17-37-28(33)21(2)19-30/h6-15,30H,1-2,4-5,16-19H2,3H3/b15-8+. The molecule has 9 nitrogen and oxygen atoms in total. The Morgan fingerprint density at radius 1 is 0.842 bits per heavy atom. The highest BCUT2D eigenvalue weighted by atomic mass is 16.5. The van der Waals surface area contributed by atoms with Crippen LogP contribution in [0.5, 0.6) is 11.5 Å². The number of aliphatic hydroxyl groups excluding tert-OH is 1. The zero-order chi connectivity index (χ0) is 27.9. The molecular formula is C29H30O9. The third kappa shape index (κ3) is 10.2. The maximum atomic E-state index is 12.5. The summed E-state index contributed by atoms with van der Waals surface area (Å²) in [6.45, 7) is 7.15. The van der Waals surface area contributed by atoms with E-state index >= 15 is 0 Å². The number of methoxy groups -OCH3 is 1. The topological polar surface area (TPSA) is 125 Å². The Morgan fingerprint density at radius 2 is 1.47 bits per heavy atom. The summed E-state index contributed by atoms with van der Waals surface area (Å²) in [5.41, 5.74) is 1.19. The number of benzene rings is 2. The van der Waals surface area contributed by atoms with Gasteiger partial charge in [0.15, 0.2) is 5.78 Å². The third-order valence-corrected chi connectivity index (χ3v) is 5.05. The molecule has 0 spiro atoms. The largest absolute Gasteiger partial charge is 0.494 e. The number of ketones is 1. The molecule has 1 N–H and O–H groups in total. The molecule has 0 amide bonds. The van der Waals surface area contributed by atoms with Gasteiger partial charge in [-0.25, -0.2) is 9.59 Å². The van der Waals surface area contributed by atoms with Gasteiger partial charge in [0.2, 0.25) is 0 Å². The molecular weight excluding hydrogens is 492 g/mol. The summed E-state index contributed by atoms with van der Waals surface area (Å²) in [5.74, 6) is -1.31. The van der Waals surface area contributed by atoms with Crippen molar-refractivity contribution < 1.29 is 43.2 Å². The lowest BCUT2D eigenvalue weighted by Crippen LogP contribution is -2.14. The highest BCUT2D eigenvalue weighted by molar-refractivity contribution is 6.07. The quantitative estimate of drug-likeness (QED) is 0.122. The van der Waals surface area contributed by atoms with E-state index in [-0.39, 0.29) is 35.7 Å². The van der Waals surface area contributed by atoms with E-state index in [1.807, 2.05) is 12.1 Å². The van der Waals surface area contributed by atoms with Gasteiger partial charge in [0.25, 0.3) is 0 Å². The number of aliphatic hydroxyl groups is 1. The first-order valence-electron chi connectivity index (χ1n) is 11.7. The monoisotopic (exact) mass is 522 g/mol. The van der Waals surface area contributed by atoms with Crippen molar-refractivity contribution in [3.05, 3.63) is 90.0 Å². The molecule has 0 saturated heterocycles. The molecule has 2 aromatic carbocycles. The van der Waals surface area contributed by atoms with Crippen LogP contribution < -0.4 is 9.47 Å². The lowest BCUT2D eigenvalue weighted by Gasteiger charge is -2.07. The molecule has 38 heavy (non-hydrogen) atoms. The second-order valence-corrected chi connectivity index (χ2v) is 7.99. The van der Waals surface area contributed by atoms with E-state index in [1.54, 1.807) is 18.2 Å². The minimum absolute atomic E-state index is 0.0229. The number of hydrogen-bond acceptors (Lipinski definition) is 9. The van der Waals surface area contributed by atoms with Gasteiger partial charge in [-0.05, 0) is 60.9 Å². The fraction of sp³-hybridized carbons (Fsp3) is 0.241. The summed E-state index contributed by atoms with van der Waals surface area (Å²) in [5, 5.41) is 8.81. The van der Waals surface area contributed by atoms with Crippen molar-refractivity contribution in [2.24, 2.45) is 0 Å². The summed E-state index contributed by atoms with van der Waals surface area (Å²) in [6.07, 6.45) is 4.12. The number of hydrogen-bond donors (Lipinski definition) is 1. The maximum absolute atomic E-state index is 12.5. The lowest BCUT2D eigenvalue weighted by molar-refractivity contribution is -0.141. The number of esters is 3. The predicted octanol–water partition coefficient (Wildman–Crippen LogP) is 3.86. The SMILES string of the molecule is C=C(CO)C(=O)OCCCCOc1ccc(/C=C/C(=O)c2ccc(OC(=O)C(=C)CC(=O)OC)cc2)cc1. The zero-order valence-corrected chi connectivity index (χ0v) is 21.1. The fourth-order valence-corrected chi connectivity index (χ4v) is 2.85. The molecule has 0 radical (unpaired) electrons. The minimum atomic E-state index is -0.756. The molecule has 0 heterocycles. The smallest absolute Gasteiger partial charge is 0.339 e. The molecule has 0 unspecified atom stereocenters. The number of carbonyl (C=O) groups is 4. The first-order chi connectivity index (χ1) is 18.2. The number of ether oxygens (including phenoxy) is 4. The van der Waals surface area contributed by atoms with E-state index in [2.05, 4.69) is 17.9 Å². The molecule has 9 heteroatoms. The van der Waals surface area contributed by atoms with Crippen molar-refractivity contribution in [2.45, 2.75) is 19.3 Å². The molecule has 0 saturated carbocycles. The van der Waals surface area contributed by atoms with Crippen LogP contribution in [0.1, 0.15) is 35.2 Å². The molecule has 0 aromatic heterocycles. The van der Waals surface area contributed by atoms with Gasteiger partial charge in [0, 0.05) is 11.1 Å². The predicted molar refractivity (Wildman–Crippen MR) is 140 cm³/mol. The Labute approximate surface area is 221 Å². The van der Waals surface area contributed by atoms with Crippen molar-refractivity contribution >= 4 is 29.8 Å². The van der Waals surface area contributed by atoms with Crippen LogP contribution in [0.3, 0.4) is 0 Å². The van der Waals surface area contributed by atoms with Gasteiger partial charge in [0.05, 0.1) is 38.9 Å². The maximum Gasteiger partial charge on any atom is 0.339 e. The van der Waals surface area contributed by atoms with Crippen LogP contribution in [0, 0.1) is 0 Å². The van der Waals surface area contributed by atoms with Crippen LogP contribution in [0.4, 0.5) is 0 Å². The number of unbranched alkanes of at least 4 members (excludes halogenated alkanes) is 1. The van der Waals surface area contributed by atoms with E-state index in [0.717, 1.165) is 5.56 Å². The van der Waals surface area contributed by atoms with Gasteiger partial charge in [-0.15, -0.1) is 0 Å². The summed E-state index contributed by atoms with van der Waals surface area (Å²) < 4.78 is 20.3. The molecule has 0 fully saturated rings. The van der Waals surface area contributed by atoms with Crippen molar-refractivity contribution in [3.63, 3.8) is 0 Å². The van der Waals surface area contributed by atoms with Crippen LogP contribution in [0.15, 0.2) is 78.9 Å². The summed E-state index contributed by atoms with van der Waals surface area (Å²) in [7, 11) is 1.21. The molecule has 0 atom stereocenters. The Bertz CT molecular complexity index is 1180. The molecule has 2 aromatic rings. The number of allylic oxidation sites excluding steroid dienone is 1. The summed E-state index contributed by atoms with van der Waals surface area (Å²) in [6, 6.07) is 13.2. The van der Waals surface area contributed by atoms with Crippen LogP contribution in [0.2, 0.25) is 0 Å². The van der Waals surface area contributed by atoms with Crippen LogP contribution in [-0.2, 0) is 23.9 Å². The van der Waals surface area contributed by atoms with E-state index in [9.17, 15) is 19.2 Å². The molecule has 200 valence electrons. The number of carbonyl (C=O) groups excluding carboxylic acids is 4. The van der Waals surface area contributed by atoms with E-state index < -0.39 is 24.5 Å². The van der Waals surface area contributed by atoms with Gasteiger partial charge in [0.1, 0.15) is 11.5 Å². The van der Waals surface area contributed by atoms with Crippen molar-refractivity contribution in [2.75, 3.05) is 26.9 Å². The van der Waals surface area contributed by atoms with Gasteiger partial charge >= 0.3 is 17.9 Å². The molecule has 2 rings (SSSR count). The second kappa shape index (κ2) is 15.6. The fourth-order valence-electron chi connectivity index (χ4n) is 2.85. The Hall–Kier alpha value is -4.50. The molecule has 0 aliphatic heterocycles. The third-order valence-electron chi connectivity index (χ3n) is 5.05. The van der Waals surface area contributed by atoms with E-state index in [1.165, 1.54) is 37.5 Å². The lowest BCUT2D eigenvalue weighted by atomic mass is 10.1. The minimum Gasteiger partial charge on any atom is -0.494 e. The summed E-state index contributed by atoms with van der Waals surface area (Å²) >= 11 is 0. The molecule has 0 aliphatic rings. The van der Waals surface area contributed by atoms with Crippen molar-refractivity contribution in [1.82, 2.24) is 0 Å². The van der Waals surface area contributed by atoms with E-state index in [4.69, 9.17) is 19.3 Å². The normalized spacial score (nSPS) is 10.5. The highest BCUT2D eigenvalue weighted by Gasteiger charge is 2.14. The second-order valence-electron chi connectivity index (χ2n) is 7.99. The molecule has 0 aliphatic carbocycles. The van der Waals surface area contributed by atoms with Gasteiger partial charge in [-0.2, -0.15) is 0 Å². The van der Waals surface area contributed by atoms with Crippen molar-refractivity contribution in [1.29, 1.82) is 0 Å². The van der Waals surface area contributed by atoms with Gasteiger partial charge < -0.3 is 24.1 Å². The van der Waals surface area contributed by atoms with Crippen molar-refractivity contribution in [3.8, 4) is 11.5 Å². The highest BCUT2D eigenvalue weighted by Crippen LogP contribution is 2.17. The zero-order valence-electron chi connectivity index (χ0n) is 21.1. The molecule has 0 bridgehead atoms.